The topological polar surface area (TPSA) is 230 Å². The summed E-state index contributed by atoms with van der Waals surface area (Å²) in [5.41, 5.74) is -1.18. The fraction of sp³-hybridized carbons (Fsp3) is 0.800. The SMILES string of the molecule is CO[C@H]1[C@@H](O[C@@H]2O[C@H](C)[C@@H](O[C@H]3C[C@@](C)(O)[C@@H](OC(=O)CC(C)C)[C@H](C)O3)[C@H](N(C)C)[C@H]2O)[C@@H](C)C[C@@H](CC=O)[C@@H](O)C2C=CC(C=C2C#N)C[C@@H](C)OC(=O)C[C@H]1OC(C)=O. The summed E-state index contributed by atoms with van der Waals surface area (Å²) in [7, 11) is 4.86. The van der Waals surface area contributed by atoms with Crippen molar-refractivity contribution in [3.05, 3.63) is 23.8 Å². The molecule has 2 bridgehead atoms. The van der Waals surface area contributed by atoms with Crippen LogP contribution in [0.3, 0.4) is 0 Å². The van der Waals surface area contributed by atoms with E-state index < -0.39 is 127 Å². The van der Waals surface area contributed by atoms with Gasteiger partial charge in [0.05, 0.1) is 49.1 Å². The molecule has 0 radical (unpaired) electrons. The number of ether oxygens (including phenoxy) is 8. The monoisotopic (exact) mass is 878 g/mol. The highest BCUT2D eigenvalue weighted by Crippen LogP contribution is 2.39. The van der Waals surface area contributed by atoms with Crippen LogP contribution in [0.5, 0.6) is 0 Å². The maximum absolute atomic E-state index is 13.5. The zero-order valence-corrected chi connectivity index (χ0v) is 38.1. The van der Waals surface area contributed by atoms with Gasteiger partial charge in [0, 0.05) is 44.8 Å². The second-order valence-electron chi connectivity index (χ2n) is 18.5. The minimum atomic E-state index is -1.51. The summed E-state index contributed by atoms with van der Waals surface area (Å²) in [6.45, 7) is 13.5. The van der Waals surface area contributed by atoms with Crippen LogP contribution < -0.4 is 0 Å². The van der Waals surface area contributed by atoms with Gasteiger partial charge in [-0.05, 0) is 78.3 Å². The van der Waals surface area contributed by atoms with Gasteiger partial charge in [0.1, 0.15) is 36.3 Å². The molecule has 0 spiro atoms. The molecule has 5 rings (SSSR count). The Bertz CT molecular complexity index is 1630. The molecule has 2 unspecified atom stereocenters. The number of carbonyl (C=O) groups is 4. The Hall–Kier alpha value is -3.31. The number of aldehydes is 1. The van der Waals surface area contributed by atoms with Crippen molar-refractivity contribution in [2.24, 2.45) is 29.6 Å². The molecule has 1 aliphatic carbocycles. The molecule has 5 aliphatic rings. The summed E-state index contributed by atoms with van der Waals surface area (Å²) in [6, 6.07) is 1.41. The van der Waals surface area contributed by atoms with E-state index in [1.165, 1.54) is 14.0 Å². The summed E-state index contributed by atoms with van der Waals surface area (Å²) >= 11 is 0. The standard InChI is InChI=1S/C45H70N2O15/c1-23(2)16-34(50)60-43-27(6)57-36(21-45(43,8)54)61-41-26(5)58-44(39(53)37(41)47(9)10)62-40-24(3)17-30(14-15-48)38(52)32-13-12-29(19-31(32)22-46)18-25(4)56-35(51)20-33(42(40)55-11)59-28(7)49/h12-13,15,19,23-27,29-30,32-33,36-44,52-54H,14,16-18,20-21H2,1-11H3/t24-,25+,26+,27-,29?,30+,32?,33+,36-,37+,38+,39+,40-,41+,42+,43-,44-,45+/m0/s1. The number of fused-ring (bicyclic) bond motifs is 11. The maximum Gasteiger partial charge on any atom is 0.309 e. The van der Waals surface area contributed by atoms with Gasteiger partial charge in [0.25, 0.3) is 0 Å². The molecule has 62 heavy (non-hydrogen) atoms. The predicted molar refractivity (Wildman–Crippen MR) is 221 cm³/mol. The largest absolute Gasteiger partial charge is 0.463 e. The molecule has 18 atom stereocenters. The van der Waals surface area contributed by atoms with Crippen LogP contribution in [0.15, 0.2) is 23.8 Å². The lowest BCUT2D eigenvalue weighted by Gasteiger charge is -2.50. The number of nitriles is 1. The van der Waals surface area contributed by atoms with E-state index in [0.717, 1.165) is 0 Å². The number of esters is 3. The molecule has 4 heterocycles. The highest BCUT2D eigenvalue weighted by Gasteiger charge is 2.53. The van der Waals surface area contributed by atoms with Crippen LogP contribution in [0.2, 0.25) is 0 Å². The Balaban J connectivity index is 1.67. The smallest absolute Gasteiger partial charge is 0.309 e. The average Bonchev–Trinajstić information content (AvgIpc) is 3.16. The third-order valence-electron chi connectivity index (χ3n) is 12.3. The number of carbonyl (C=O) groups excluding carboxylic acids is 4. The van der Waals surface area contributed by atoms with Crippen molar-refractivity contribution in [2.45, 2.75) is 179 Å². The summed E-state index contributed by atoms with van der Waals surface area (Å²) in [6.07, 6.45) is -6.13. The van der Waals surface area contributed by atoms with Gasteiger partial charge in [-0.15, -0.1) is 0 Å². The van der Waals surface area contributed by atoms with E-state index in [0.29, 0.717) is 18.3 Å². The number of aliphatic hydroxyl groups excluding tert-OH is 2. The van der Waals surface area contributed by atoms with E-state index >= 15 is 0 Å². The number of aliphatic hydroxyl groups is 3. The quantitative estimate of drug-likeness (QED) is 0.111. The van der Waals surface area contributed by atoms with Crippen LogP contribution in [0.25, 0.3) is 0 Å². The third kappa shape index (κ3) is 13.1. The van der Waals surface area contributed by atoms with Gasteiger partial charge in [0.2, 0.25) is 0 Å². The van der Waals surface area contributed by atoms with Crippen LogP contribution >= 0.6 is 0 Å². The molecule has 0 amide bonds. The first-order chi connectivity index (χ1) is 29.1. The average molecular weight is 879 g/mol. The number of rotatable bonds is 12. The van der Waals surface area contributed by atoms with Crippen LogP contribution in [0, 0.1) is 40.9 Å². The molecular weight excluding hydrogens is 808 g/mol. The normalized spacial score (nSPS) is 40.9. The van der Waals surface area contributed by atoms with E-state index in [1.54, 1.807) is 65.8 Å². The van der Waals surface area contributed by atoms with Gasteiger partial charge in [-0.2, -0.15) is 5.26 Å². The second kappa shape index (κ2) is 22.5. The summed E-state index contributed by atoms with van der Waals surface area (Å²) in [4.78, 5) is 52.5. The van der Waals surface area contributed by atoms with Gasteiger partial charge in [-0.3, -0.25) is 14.4 Å². The third-order valence-corrected chi connectivity index (χ3v) is 12.3. The Morgan fingerprint density at radius 1 is 1.02 bits per heavy atom. The number of methoxy groups -OCH3 is 1. The van der Waals surface area contributed by atoms with Crippen molar-refractivity contribution in [3.63, 3.8) is 0 Å². The number of hydrogen-bond donors (Lipinski definition) is 3. The fourth-order valence-electron chi connectivity index (χ4n) is 9.44. The fourth-order valence-corrected chi connectivity index (χ4v) is 9.44. The van der Waals surface area contributed by atoms with E-state index in [9.17, 15) is 39.8 Å². The van der Waals surface area contributed by atoms with Crippen LogP contribution in [-0.2, 0) is 57.1 Å². The number of hydrogen-bond acceptors (Lipinski definition) is 17. The van der Waals surface area contributed by atoms with E-state index in [1.807, 2.05) is 19.9 Å². The Morgan fingerprint density at radius 2 is 1.71 bits per heavy atom. The number of allylic oxidation sites excluding steroid dienone is 2. The predicted octanol–water partition coefficient (Wildman–Crippen LogP) is 3.15. The van der Waals surface area contributed by atoms with Crippen molar-refractivity contribution < 1.29 is 72.4 Å². The zero-order chi connectivity index (χ0) is 46.2. The first kappa shape index (κ1) is 51.3. The first-order valence-electron chi connectivity index (χ1n) is 21.8. The Morgan fingerprint density at radius 3 is 2.29 bits per heavy atom. The molecule has 0 aromatic carbocycles. The zero-order valence-electron chi connectivity index (χ0n) is 38.1. The maximum atomic E-state index is 13.5. The molecule has 0 saturated carbocycles. The van der Waals surface area contributed by atoms with Crippen molar-refractivity contribution in [2.75, 3.05) is 21.2 Å². The molecule has 17 heteroatoms. The molecule has 0 aromatic heterocycles. The Kier molecular flexibility index (Phi) is 18.7. The minimum absolute atomic E-state index is 0.0547. The molecule has 2 saturated heterocycles. The molecule has 0 aromatic rings. The molecule has 3 N–H and O–H groups in total. The van der Waals surface area contributed by atoms with Crippen LogP contribution in [0.1, 0.15) is 93.9 Å². The molecule has 17 nitrogen and oxygen atoms in total. The van der Waals surface area contributed by atoms with Gasteiger partial charge in [-0.1, -0.05) is 39.0 Å². The summed E-state index contributed by atoms with van der Waals surface area (Å²) in [5.74, 6) is -4.03. The van der Waals surface area contributed by atoms with Gasteiger partial charge >= 0.3 is 17.9 Å². The first-order valence-corrected chi connectivity index (χ1v) is 21.8. The molecule has 350 valence electrons. The lowest BCUT2D eigenvalue weighted by atomic mass is 9.75. The lowest BCUT2D eigenvalue weighted by Crippen LogP contribution is -2.66. The lowest BCUT2D eigenvalue weighted by molar-refractivity contribution is -0.344. The van der Waals surface area contributed by atoms with Crippen molar-refractivity contribution in [1.82, 2.24) is 4.90 Å². The van der Waals surface area contributed by atoms with E-state index in [-0.39, 0.29) is 37.5 Å². The van der Waals surface area contributed by atoms with Crippen molar-refractivity contribution in [1.29, 1.82) is 5.26 Å². The summed E-state index contributed by atoms with van der Waals surface area (Å²) in [5, 5.41) is 45.6. The van der Waals surface area contributed by atoms with Gasteiger partial charge in [0.15, 0.2) is 18.7 Å². The highest BCUT2D eigenvalue weighted by atomic mass is 16.7. The molecule has 2 fully saturated rings. The van der Waals surface area contributed by atoms with Gasteiger partial charge < -0.3 is 62.9 Å². The van der Waals surface area contributed by atoms with Crippen molar-refractivity contribution in [3.8, 4) is 6.07 Å². The van der Waals surface area contributed by atoms with Gasteiger partial charge in [-0.25, -0.2) is 0 Å². The van der Waals surface area contributed by atoms with Crippen molar-refractivity contribution >= 4 is 24.2 Å². The minimum Gasteiger partial charge on any atom is -0.463 e. The Labute approximate surface area is 365 Å². The van der Waals surface area contributed by atoms with Crippen LogP contribution in [-0.4, -0.2) is 151 Å². The molecule has 4 aliphatic heterocycles. The second-order valence-corrected chi connectivity index (χ2v) is 18.5. The number of nitrogens with zero attached hydrogens (tertiary/aromatic N) is 2. The van der Waals surface area contributed by atoms with E-state index in [4.69, 9.17) is 37.9 Å². The van der Waals surface area contributed by atoms with E-state index in [2.05, 4.69) is 6.07 Å². The highest BCUT2D eigenvalue weighted by molar-refractivity contribution is 5.72. The van der Waals surface area contributed by atoms with Crippen LogP contribution in [0.4, 0.5) is 0 Å². The molecular formula is C45H70N2O15. The number of likely N-dealkylation sites (N-methyl/N-ethyl adjacent to an activating group) is 1. The summed E-state index contributed by atoms with van der Waals surface area (Å²) < 4.78 is 48.9.